The zero-order chi connectivity index (χ0) is 21.3. The number of carbonyl (C=O) groups is 1. The molecule has 0 bridgehead atoms. The summed E-state index contributed by atoms with van der Waals surface area (Å²) in [7, 11) is -3.12. The molecule has 1 aliphatic rings. The maximum Gasteiger partial charge on any atom is 0.266 e. The summed E-state index contributed by atoms with van der Waals surface area (Å²) in [6.45, 7) is 2.33. The van der Waals surface area contributed by atoms with Gasteiger partial charge in [-0.05, 0) is 30.5 Å². The standard InChI is InChI=1S/C23H22ClNO3S2/c1-16-9-10-19-20(14-16)29-22(21(19)24)23(26)25(18-11-13-30(27,28)15-18)12-5-8-17-6-3-2-4-7-17/h2-10,14,18H,11-13,15H2,1H3/b8-5+. The molecule has 0 spiro atoms. The first-order valence-corrected chi connectivity index (χ1v) is 12.8. The van der Waals surface area contributed by atoms with Gasteiger partial charge >= 0.3 is 0 Å². The molecule has 1 amide bonds. The first kappa shape index (κ1) is 21.1. The molecule has 1 saturated heterocycles. The lowest BCUT2D eigenvalue weighted by molar-refractivity contribution is 0.0726. The number of aryl methyl sites for hydroxylation is 1. The maximum absolute atomic E-state index is 13.5. The van der Waals surface area contributed by atoms with Crippen molar-refractivity contribution < 1.29 is 13.2 Å². The number of hydrogen-bond donors (Lipinski definition) is 0. The number of nitrogens with zero attached hydrogens (tertiary/aromatic N) is 1. The van der Waals surface area contributed by atoms with E-state index in [9.17, 15) is 13.2 Å². The number of sulfone groups is 1. The highest BCUT2D eigenvalue weighted by molar-refractivity contribution is 7.91. The SMILES string of the molecule is Cc1ccc2c(Cl)c(C(=O)N(C/C=C/c3ccccc3)C3CCS(=O)(=O)C3)sc2c1. The minimum absolute atomic E-state index is 0.000457. The Kier molecular flexibility index (Phi) is 6.00. The van der Waals surface area contributed by atoms with E-state index in [2.05, 4.69) is 0 Å². The summed E-state index contributed by atoms with van der Waals surface area (Å²) >= 11 is 7.93. The molecular formula is C23H22ClNO3S2. The van der Waals surface area contributed by atoms with Crippen molar-refractivity contribution in [2.45, 2.75) is 19.4 Å². The Labute approximate surface area is 185 Å². The Hall–Kier alpha value is -2.15. The molecule has 4 nitrogen and oxygen atoms in total. The maximum atomic E-state index is 13.5. The lowest BCUT2D eigenvalue weighted by Gasteiger charge is -2.26. The molecule has 1 aliphatic heterocycles. The van der Waals surface area contributed by atoms with Crippen LogP contribution in [-0.2, 0) is 9.84 Å². The predicted octanol–water partition coefficient (Wildman–Crippen LogP) is 5.21. The lowest BCUT2D eigenvalue weighted by Crippen LogP contribution is -2.41. The van der Waals surface area contributed by atoms with Gasteiger partial charge in [0.1, 0.15) is 4.88 Å². The number of carbonyl (C=O) groups excluding carboxylic acids is 1. The van der Waals surface area contributed by atoms with Gasteiger partial charge < -0.3 is 4.90 Å². The van der Waals surface area contributed by atoms with Crippen LogP contribution in [0.5, 0.6) is 0 Å². The molecular weight excluding hydrogens is 438 g/mol. The molecule has 4 rings (SSSR count). The summed E-state index contributed by atoms with van der Waals surface area (Å²) in [6, 6.07) is 15.4. The fourth-order valence-electron chi connectivity index (χ4n) is 3.73. The summed E-state index contributed by atoms with van der Waals surface area (Å²) < 4.78 is 25.1. The van der Waals surface area contributed by atoms with Crippen molar-refractivity contribution >= 4 is 54.8 Å². The van der Waals surface area contributed by atoms with Crippen molar-refractivity contribution in [3.8, 4) is 0 Å². The van der Waals surface area contributed by atoms with Gasteiger partial charge in [-0.1, -0.05) is 66.2 Å². The molecule has 1 atom stereocenters. The number of amides is 1. The third kappa shape index (κ3) is 4.46. The van der Waals surface area contributed by atoms with Gasteiger partial charge in [-0.15, -0.1) is 11.3 Å². The Morgan fingerprint density at radius 2 is 2.00 bits per heavy atom. The van der Waals surface area contributed by atoms with Crippen LogP contribution in [0.25, 0.3) is 16.2 Å². The van der Waals surface area contributed by atoms with Crippen molar-refractivity contribution in [1.82, 2.24) is 4.90 Å². The number of fused-ring (bicyclic) bond motifs is 1. The number of thiophene rings is 1. The van der Waals surface area contributed by atoms with E-state index in [0.29, 0.717) is 22.9 Å². The van der Waals surface area contributed by atoms with E-state index in [-0.39, 0.29) is 23.5 Å². The average Bonchev–Trinajstić information content (AvgIpc) is 3.24. The van der Waals surface area contributed by atoms with Crippen molar-refractivity contribution in [2.75, 3.05) is 18.1 Å². The minimum atomic E-state index is -3.12. The van der Waals surface area contributed by atoms with Crippen LogP contribution in [0.1, 0.15) is 27.2 Å². The Morgan fingerprint density at radius 1 is 1.23 bits per heavy atom. The number of hydrogen-bond acceptors (Lipinski definition) is 4. The van der Waals surface area contributed by atoms with Gasteiger partial charge in [-0.2, -0.15) is 0 Å². The normalized spacial score (nSPS) is 18.3. The summed E-state index contributed by atoms with van der Waals surface area (Å²) in [4.78, 5) is 15.6. The highest BCUT2D eigenvalue weighted by atomic mass is 35.5. The molecule has 30 heavy (non-hydrogen) atoms. The van der Waals surface area contributed by atoms with Crippen LogP contribution in [0.2, 0.25) is 5.02 Å². The van der Waals surface area contributed by atoms with Crippen LogP contribution in [0.3, 0.4) is 0 Å². The fourth-order valence-corrected chi connectivity index (χ4v) is 7.02. The lowest BCUT2D eigenvalue weighted by atomic mass is 10.1. The quantitative estimate of drug-likeness (QED) is 0.526. The molecule has 0 aliphatic carbocycles. The van der Waals surface area contributed by atoms with Gasteiger partial charge in [-0.3, -0.25) is 4.79 Å². The first-order chi connectivity index (χ1) is 14.3. The summed E-state index contributed by atoms with van der Waals surface area (Å²) in [5, 5.41) is 1.30. The van der Waals surface area contributed by atoms with Gasteiger partial charge in [0, 0.05) is 22.7 Å². The van der Waals surface area contributed by atoms with Crippen LogP contribution in [0.15, 0.2) is 54.6 Å². The molecule has 7 heteroatoms. The molecule has 156 valence electrons. The molecule has 1 aromatic heterocycles. The second-order valence-corrected chi connectivity index (χ2v) is 11.2. The molecule has 0 N–H and O–H groups in total. The van der Waals surface area contributed by atoms with E-state index >= 15 is 0 Å². The first-order valence-electron chi connectivity index (χ1n) is 9.76. The van der Waals surface area contributed by atoms with E-state index in [1.807, 2.05) is 67.6 Å². The summed E-state index contributed by atoms with van der Waals surface area (Å²) in [5.74, 6) is -0.0958. The fraction of sp³-hybridized carbons (Fsp3) is 0.261. The van der Waals surface area contributed by atoms with Crippen LogP contribution in [-0.4, -0.2) is 43.3 Å². The highest BCUT2D eigenvalue weighted by Crippen LogP contribution is 2.37. The predicted molar refractivity (Wildman–Crippen MR) is 125 cm³/mol. The second-order valence-electron chi connectivity index (χ2n) is 7.57. The van der Waals surface area contributed by atoms with Gasteiger partial charge in [-0.25, -0.2) is 8.42 Å². The Balaban J connectivity index is 1.65. The summed E-state index contributed by atoms with van der Waals surface area (Å²) in [6.07, 6.45) is 4.30. The van der Waals surface area contributed by atoms with Crippen LogP contribution >= 0.6 is 22.9 Å². The second kappa shape index (κ2) is 8.53. The topological polar surface area (TPSA) is 54.5 Å². The zero-order valence-electron chi connectivity index (χ0n) is 16.5. The zero-order valence-corrected chi connectivity index (χ0v) is 18.9. The highest BCUT2D eigenvalue weighted by Gasteiger charge is 2.35. The van der Waals surface area contributed by atoms with Crippen LogP contribution < -0.4 is 0 Å². The molecule has 0 saturated carbocycles. The Bertz CT molecular complexity index is 1220. The number of benzene rings is 2. The minimum Gasteiger partial charge on any atom is -0.330 e. The molecule has 3 aromatic rings. The Morgan fingerprint density at radius 3 is 2.70 bits per heavy atom. The largest absolute Gasteiger partial charge is 0.330 e. The van der Waals surface area contributed by atoms with Crippen molar-refractivity contribution in [2.24, 2.45) is 0 Å². The monoisotopic (exact) mass is 459 g/mol. The van der Waals surface area contributed by atoms with Crippen LogP contribution in [0, 0.1) is 6.92 Å². The van der Waals surface area contributed by atoms with Gasteiger partial charge in [0.15, 0.2) is 9.84 Å². The molecule has 0 radical (unpaired) electrons. The number of rotatable bonds is 5. The van der Waals surface area contributed by atoms with E-state index < -0.39 is 9.84 Å². The van der Waals surface area contributed by atoms with E-state index in [1.165, 1.54) is 11.3 Å². The van der Waals surface area contributed by atoms with Gasteiger partial charge in [0.2, 0.25) is 0 Å². The molecule has 1 unspecified atom stereocenters. The van der Waals surface area contributed by atoms with Crippen molar-refractivity contribution in [1.29, 1.82) is 0 Å². The smallest absolute Gasteiger partial charge is 0.266 e. The van der Waals surface area contributed by atoms with Crippen molar-refractivity contribution in [3.05, 3.63) is 75.6 Å². The van der Waals surface area contributed by atoms with E-state index in [0.717, 1.165) is 21.2 Å². The van der Waals surface area contributed by atoms with E-state index in [4.69, 9.17) is 11.6 Å². The van der Waals surface area contributed by atoms with E-state index in [1.54, 1.807) is 4.90 Å². The average molecular weight is 460 g/mol. The number of halogens is 1. The third-order valence-corrected chi connectivity index (χ3v) is 8.70. The van der Waals surface area contributed by atoms with Crippen molar-refractivity contribution in [3.63, 3.8) is 0 Å². The van der Waals surface area contributed by atoms with Crippen LogP contribution in [0.4, 0.5) is 0 Å². The molecule has 2 aromatic carbocycles. The van der Waals surface area contributed by atoms with Gasteiger partial charge in [0.25, 0.3) is 5.91 Å². The summed E-state index contributed by atoms with van der Waals surface area (Å²) in [5.41, 5.74) is 2.13. The molecule has 2 heterocycles. The third-order valence-electron chi connectivity index (χ3n) is 5.30. The molecule has 1 fully saturated rings. The van der Waals surface area contributed by atoms with Gasteiger partial charge in [0.05, 0.1) is 16.5 Å².